The van der Waals surface area contributed by atoms with Crippen molar-refractivity contribution in [2.75, 3.05) is 0 Å². The lowest BCUT2D eigenvalue weighted by Crippen LogP contribution is -2.33. The Morgan fingerprint density at radius 1 is 1.14 bits per heavy atom. The maximum absolute atomic E-state index is 10.2. The van der Waals surface area contributed by atoms with E-state index in [4.69, 9.17) is 0 Å². The Kier molecular flexibility index (Phi) is 6.75. The van der Waals surface area contributed by atoms with Crippen molar-refractivity contribution >= 4 is 0 Å². The highest BCUT2D eigenvalue weighted by Gasteiger charge is 2.48. The van der Waals surface area contributed by atoms with Crippen molar-refractivity contribution in [3.05, 3.63) is 47.6 Å². The van der Waals surface area contributed by atoms with Gasteiger partial charge in [0.15, 0.2) is 0 Å². The first kappa shape index (κ1) is 21.6. The highest BCUT2D eigenvalue weighted by molar-refractivity contribution is 5.35. The lowest BCUT2D eigenvalue weighted by molar-refractivity contribution is 0.0439. The maximum atomic E-state index is 10.2. The molecule has 0 aromatic rings. The van der Waals surface area contributed by atoms with Crippen molar-refractivity contribution < 1.29 is 5.11 Å². The first-order valence-corrected chi connectivity index (χ1v) is 11.7. The second kappa shape index (κ2) is 8.74. The molecule has 1 N–H and O–H groups in total. The molecular formula is C27H42O. The smallest absolute Gasteiger partial charge is 0.0651 e. The molecule has 3 aliphatic carbocycles. The highest BCUT2D eigenvalue weighted by atomic mass is 16.3. The van der Waals surface area contributed by atoms with Gasteiger partial charge in [0.1, 0.15) is 0 Å². The van der Waals surface area contributed by atoms with Crippen LogP contribution in [0.3, 0.4) is 0 Å². The van der Waals surface area contributed by atoms with Crippen LogP contribution < -0.4 is 0 Å². The molecule has 3 rings (SSSR count). The van der Waals surface area contributed by atoms with E-state index in [-0.39, 0.29) is 5.92 Å². The molecule has 0 bridgehead atoms. The topological polar surface area (TPSA) is 20.2 Å². The molecule has 3 aliphatic rings. The molecule has 0 heterocycles. The number of rotatable bonds is 5. The summed E-state index contributed by atoms with van der Waals surface area (Å²) >= 11 is 0. The summed E-state index contributed by atoms with van der Waals surface area (Å²) in [6, 6.07) is 0. The largest absolute Gasteiger partial charge is 0.390 e. The molecule has 3 saturated carbocycles. The minimum absolute atomic E-state index is 0.203. The van der Waals surface area contributed by atoms with Gasteiger partial charge in [-0.1, -0.05) is 55.9 Å². The Morgan fingerprint density at radius 2 is 1.89 bits per heavy atom. The average molecular weight is 383 g/mol. The van der Waals surface area contributed by atoms with E-state index in [0.29, 0.717) is 5.41 Å². The van der Waals surface area contributed by atoms with Crippen LogP contribution in [-0.4, -0.2) is 10.7 Å². The maximum Gasteiger partial charge on any atom is 0.0651 e. The molecule has 3 fully saturated rings. The predicted molar refractivity (Wildman–Crippen MR) is 121 cm³/mol. The Hall–Kier alpha value is -1.08. The fraction of sp³-hybridized carbons (Fsp3) is 0.704. The van der Waals surface area contributed by atoms with Crippen LogP contribution in [0.1, 0.15) is 91.9 Å². The van der Waals surface area contributed by atoms with Crippen molar-refractivity contribution in [1.82, 2.24) is 0 Å². The van der Waals surface area contributed by atoms with Crippen LogP contribution in [0.2, 0.25) is 0 Å². The van der Waals surface area contributed by atoms with E-state index in [0.717, 1.165) is 11.8 Å². The standard InChI is InChI=1S/C27H42O/c1-20-10-6-7-12-22(20)15-16-23-13-9-19-27(5)24(17-18-25(23)27)14-8-11-21(2)26(3,4)28/h8,11,15-16,21,24-25,28H,1,6-7,9-10,12-14,17-19H2,2-5H3/b11-8+,22-15-,23-16+. The number of allylic oxidation sites excluding steroid dienone is 6. The Labute approximate surface area is 173 Å². The van der Waals surface area contributed by atoms with Gasteiger partial charge >= 0.3 is 0 Å². The number of hydrogen-bond acceptors (Lipinski definition) is 1. The van der Waals surface area contributed by atoms with Crippen molar-refractivity contribution in [3.63, 3.8) is 0 Å². The molecule has 4 unspecified atom stereocenters. The van der Waals surface area contributed by atoms with E-state index in [1.165, 1.54) is 75.4 Å². The van der Waals surface area contributed by atoms with Gasteiger partial charge in [-0.05, 0) is 101 Å². The van der Waals surface area contributed by atoms with Crippen LogP contribution in [0.25, 0.3) is 0 Å². The first-order chi connectivity index (χ1) is 13.2. The number of hydrogen-bond donors (Lipinski definition) is 1. The SMILES string of the molecule is C=C1CCCC/C1=C/C=C1\CCCC2(C)C(C/C=C/C(C)C(C)(C)O)CCC12. The summed E-state index contributed by atoms with van der Waals surface area (Å²) in [6.45, 7) is 12.8. The van der Waals surface area contributed by atoms with Crippen LogP contribution in [0.5, 0.6) is 0 Å². The number of aliphatic hydroxyl groups is 1. The molecule has 0 spiro atoms. The van der Waals surface area contributed by atoms with Gasteiger partial charge in [-0.3, -0.25) is 0 Å². The quantitative estimate of drug-likeness (QED) is 0.487. The van der Waals surface area contributed by atoms with E-state index >= 15 is 0 Å². The van der Waals surface area contributed by atoms with Crippen molar-refractivity contribution in [2.24, 2.45) is 23.2 Å². The van der Waals surface area contributed by atoms with Gasteiger partial charge in [-0.2, -0.15) is 0 Å². The molecule has 0 aromatic carbocycles. The normalized spacial score (nSPS) is 35.7. The van der Waals surface area contributed by atoms with Crippen LogP contribution >= 0.6 is 0 Å². The summed E-state index contributed by atoms with van der Waals surface area (Å²) in [5.41, 5.74) is 4.40. The molecule has 0 amide bonds. The molecule has 0 saturated heterocycles. The van der Waals surface area contributed by atoms with Gasteiger partial charge in [0.2, 0.25) is 0 Å². The van der Waals surface area contributed by atoms with E-state index in [9.17, 15) is 5.11 Å². The first-order valence-electron chi connectivity index (χ1n) is 11.7. The summed E-state index contributed by atoms with van der Waals surface area (Å²) in [5, 5.41) is 10.2. The Morgan fingerprint density at radius 3 is 2.61 bits per heavy atom. The fourth-order valence-electron chi connectivity index (χ4n) is 5.82. The molecule has 0 aliphatic heterocycles. The highest BCUT2D eigenvalue weighted by Crippen LogP contribution is 2.58. The van der Waals surface area contributed by atoms with Crippen LogP contribution in [0, 0.1) is 23.2 Å². The van der Waals surface area contributed by atoms with Crippen LogP contribution in [0.4, 0.5) is 0 Å². The third-order valence-corrected chi connectivity index (χ3v) is 8.25. The zero-order valence-electron chi connectivity index (χ0n) is 18.8. The van der Waals surface area contributed by atoms with Gasteiger partial charge in [-0.15, -0.1) is 0 Å². The lowest BCUT2D eigenvalue weighted by Gasteiger charge is -2.42. The Balaban J connectivity index is 1.69. The summed E-state index contributed by atoms with van der Waals surface area (Å²) < 4.78 is 0. The van der Waals surface area contributed by atoms with Crippen molar-refractivity contribution in [3.8, 4) is 0 Å². The van der Waals surface area contributed by atoms with Gasteiger partial charge in [0.25, 0.3) is 0 Å². The zero-order chi connectivity index (χ0) is 20.4. The predicted octanol–water partition coefficient (Wildman–Crippen LogP) is 7.54. The van der Waals surface area contributed by atoms with Crippen LogP contribution in [-0.2, 0) is 0 Å². The molecule has 1 heteroatoms. The third kappa shape index (κ3) is 4.73. The van der Waals surface area contributed by atoms with E-state index in [1.807, 2.05) is 13.8 Å². The molecule has 4 atom stereocenters. The van der Waals surface area contributed by atoms with Gasteiger partial charge in [-0.25, -0.2) is 0 Å². The average Bonchev–Trinajstić information content (AvgIpc) is 2.97. The zero-order valence-corrected chi connectivity index (χ0v) is 18.8. The fourth-order valence-corrected chi connectivity index (χ4v) is 5.82. The monoisotopic (exact) mass is 382 g/mol. The summed E-state index contributed by atoms with van der Waals surface area (Å²) in [7, 11) is 0. The minimum atomic E-state index is -0.629. The van der Waals surface area contributed by atoms with Gasteiger partial charge in [0, 0.05) is 5.92 Å². The second-order valence-corrected chi connectivity index (χ2v) is 10.5. The minimum Gasteiger partial charge on any atom is -0.390 e. The summed E-state index contributed by atoms with van der Waals surface area (Å²) in [6.07, 6.45) is 22.4. The molecule has 0 radical (unpaired) electrons. The Bertz CT molecular complexity index is 656. The van der Waals surface area contributed by atoms with Crippen molar-refractivity contribution in [2.45, 2.75) is 97.5 Å². The molecule has 28 heavy (non-hydrogen) atoms. The van der Waals surface area contributed by atoms with Crippen molar-refractivity contribution in [1.29, 1.82) is 0 Å². The molecule has 156 valence electrons. The van der Waals surface area contributed by atoms with E-state index in [2.05, 4.69) is 44.7 Å². The third-order valence-electron chi connectivity index (χ3n) is 8.25. The molecular weight excluding hydrogens is 340 g/mol. The van der Waals surface area contributed by atoms with Gasteiger partial charge in [0.05, 0.1) is 5.60 Å². The number of fused-ring (bicyclic) bond motifs is 1. The van der Waals surface area contributed by atoms with E-state index in [1.54, 1.807) is 5.57 Å². The summed E-state index contributed by atoms with van der Waals surface area (Å²) in [4.78, 5) is 0. The second-order valence-electron chi connectivity index (χ2n) is 10.5. The lowest BCUT2D eigenvalue weighted by atomic mass is 9.63. The molecule has 0 aromatic heterocycles. The van der Waals surface area contributed by atoms with Crippen LogP contribution in [0.15, 0.2) is 47.6 Å². The summed E-state index contributed by atoms with van der Waals surface area (Å²) in [5.74, 6) is 1.75. The molecule has 1 nitrogen and oxygen atoms in total. The van der Waals surface area contributed by atoms with E-state index < -0.39 is 5.60 Å². The van der Waals surface area contributed by atoms with Gasteiger partial charge < -0.3 is 5.11 Å².